The zero-order chi connectivity index (χ0) is 16.4. The topological polar surface area (TPSA) is 130 Å². The van der Waals surface area contributed by atoms with E-state index in [9.17, 15) is 27.7 Å². The number of carbonyl (C=O) groups excluding carboxylic acids is 1. The molecule has 0 saturated heterocycles. The largest absolute Gasteiger partial charge is 0.476 e. The Kier molecular flexibility index (Phi) is 5.07. The minimum Gasteiger partial charge on any atom is -0.476 e. The summed E-state index contributed by atoms with van der Waals surface area (Å²) in [5.41, 5.74) is 4.18. The van der Waals surface area contributed by atoms with Gasteiger partial charge in [0.05, 0.1) is 11.0 Å². The maximum atomic E-state index is 13.9. The molecule has 116 valence electrons. The summed E-state index contributed by atoms with van der Waals surface area (Å²) >= 11 is 0. The van der Waals surface area contributed by atoms with E-state index >= 15 is 0 Å². The van der Waals surface area contributed by atoms with Crippen LogP contribution in [0.1, 0.15) is 13.3 Å². The lowest BCUT2D eigenvalue weighted by Crippen LogP contribution is -2.33. The van der Waals surface area contributed by atoms with Crippen molar-refractivity contribution in [1.29, 1.82) is 0 Å². The smallest absolute Gasteiger partial charge is 0.273 e. The summed E-state index contributed by atoms with van der Waals surface area (Å²) in [6.07, 6.45) is -1.27. The molecular weight excluding hydrogens is 331 g/mol. The molecule has 21 heavy (non-hydrogen) atoms. The monoisotopic (exact) mass is 340 g/mol. The molecule has 0 bridgehead atoms. The molecule has 1 atom stereocenters. The summed E-state index contributed by atoms with van der Waals surface area (Å²) < 4.78 is 41.6. The molecule has 0 aromatic heterocycles. The molecule has 1 rings (SSSR count). The third kappa shape index (κ3) is 4.02. The van der Waals surface area contributed by atoms with E-state index in [2.05, 4.69) is 0 Å². The van der Waals surface area contributed by atoms with Crippen LogP contribution in [0.5, 0.6) is 5.75 Å². The van der Waals surface area contributed by atoms with Crippen LogP contribution in [0.15, 0.2) is 17.0 Å². The summed E-state index contributed by atoms with van der Waals surface area (Å²) in [5, 5.41) is 10.6. The molecule has 0 aliphatic carbocycles. The SMILES string of the molecule is CCC(Oc1c(F)cc([N+](=O)[O-])cc1S(=O)(=O)Cl)C(N)=O. The second kappa shape index (κ2) is 6.22. The normalized spacial score (nSPS) is 12.7. The van der Waals surface area contributed by atoms with Crippen molar-refractivity contribution >= 4 is 31.3 Å². The van der Waals surface area contributed by atoms with E-state index in [-0.39, 0.29) is 6.42 Å². The number of nitro groups is 1. The van der Waals surface area contributed by atoms with Gasteiger partial charge in [-0.2, -0.15) is 0 Å². The van der Waals surface area contributed by atoms with Crippen molar-refractivity contribution in [2.45, 2.75) is 24.3 Å². The van der Waals surface area contributed by atoms with Crippen molar-refractivity contribution in [2.75, 3.05) is 0 Å². The number of nitrogens with zero attached hydrogens (tertiary/aromatic N) is 1. The molecule has 0 fully saturated rings. The van der Waals surface area contributed by atoms with E-state index in [4.69, 9.17) is 21.2 Å². The predicted molar refractivity (Wildman–Crippen MR) is 70.0 cm³/mol. The van der Waals surface area contributed by atoms with Gasteiger partial charge in [-0.3, -0.25) is 14.9 Å². The van der Waals surface area contributed by atoms with Gasteiger partial charge < -0.3 is 10.5 Å². The molecule has 1 unspecified atom stereocenters. The van der Waals surface area contributed by atoms with Gasteiger partial charge in [0.1, 0.15) is 4.90 Å². The van der Waals surface area contributed by atoms with Crippen molar-refractivity contribution in [1.82, 2.24) is 0 Å². The van der Waals surface area contributed by atoms with Crippen molar-refractivity contribution < 1.29 is 27.3 Å². The highest BCUT2D eigenvalue weighted by atomic mass is 35.7. The molecule has 11 heteroatoms. The average Bonchev–Trinajstić information content (AvgIpc) is 2.34. The first kappa shape index (κ1) is 17.1. The second-order valence-electron chi connectivity index (χ2n) is 3.87. The summed E-state index contributed by atoms with van der Waals surface area (Å²) in [7, 11) is 0.564. The summed E-state index contributed by atoms with van der Waals surface area (Å²) in [6.45, 7) is 1.49. The van der Waals surface area contributed by atoms with Crippen molar-refractivity contribution in [3.63, 3.8) is 0 Å². The number of carbonyl (C=O) groups is 1. The van der Waals surface area contributed by atoms with E-state index in [0.717, 1.165) is 0 Å². The van der Waals surface area contributed by atoms with Crippen LogP contribution in [-0.2, 0) is 13.8 Å². The summed E-state index contributed by atoms with van der Waals surface area (Å²) in [6, 6.07) is 0.989. The van der Waals surface area contributed by atoms with Gasteiger partial charge in [0.25, 0.3) is 20.6 Å². The van der Waals surface area contributed by atoms with Gasteiger partial charge in [-0.25, -0.2) is 12.8 Å². The van der Waals surface area contributed by atoms with Gasteiger partial charge in [0.2, 0.25) is 0 Å². The highest BCUT2D eigenvalue weighted by Crippen LogP contribution is 2.34. The van der Waals surface area contributed by atoms with Crippen LogP contribution in [0.3, 0.4) is 0 Å². The number of rotatable bonds is 6. The standard InChI is InChI=1S/C10H10ClFN2O6S/c1-2-7(10(13)15)20-9-6(12)3-5(14(16)17)4-8(9)21(11,18)19/h3-4,7H,2H2,1H3,(H2,13,15). The van der Waals surface area contributed by atoms with Gasteiger partial charge in [-0.05, 0) is 6.42 Å². The molecule has 1 aromatic rings. The highest BCUT2D eigenvalue weighted by molar-refractivity contribution is 8.13. The first-order valence-electron chi connectivity index (χ1n) is 5.46. The molecular formula is C10H10ClFN2O6S. The third-order valence-electron chi connectivity index (χ3n) is 2.42. The molecule has 8 nitrogen and oxygen atoms in total. The minimum atomic E-state index is -4.54. The van der Waals surface area contributed by atoms with Crippen molar-refractivity contribution in [3.05, 3.63) is 28.1 Å². The van der Waals surface area contributed by atoms with Crippen molar-refractivity contribution in [3.8, 4) is 5.75 Å². The van der Waals surface area contributed by atoms with E-state index < -0.39 is 48.1 Å². The Morgan fingerprint density at radius 2 is 2.14 bits per heavy atom. The molecule has 0 heterocycles. The van der Waals surface area contributed by atoms with Gasteiger partial charge in [-0.1, -0.05) is 6.92 Å². The maximum Gasteiger partial charge on any atom is 0.273 e. The molecule has 0 spiro atoms. The summed E-state index contributed by atoms with van der Waals surface area (Å²) in [5.74, 6) is -3.18. The van der Waals surface area contributed by atoms with Gasteiger partial charge >= 0.3 is 0 Å². The predicted octanol–water partition coefficient (Wildman–Crippen LogP) is 1.30. The van der Waals surface area contributed by atoms with Crippen LogP contribution in [0.25, 0.3) is 0 Å². The van der Waals surface area contributed by atoms with Gasteiger partial charge in [0.15, 0.2) is 17.7 Å². The number of non-ortho nitro benzene ring substituents is 1. The molecule has 0 aliphatic heterocycles. The van der Waals surface area contributed by atoms with Crippen LogP contribution in [-0.4, -0.2) is 25.4 Å². The van der Waals surface area contributed by atoms with Crippen LogP contribution < -0.4 is 10.5 Å². The van der Waals surface area contributed by atoms with E-state index in [1.807, 2.05) is 0 Å². The second-order valence-corrected chi connectivity index (χ2v) is 6.40. The lowest BCUT2D eigenvalue weighted by atomic mass is 10.2. The fourth-order valence-corrected chi connectivity index (χ4v) is 2.41. The van der Waals surface area contributed by atoms with Crippen LogP contribution >= 0.6 is 10.7 Å². The number of amides is 1. The maximum absolute atomic E-state index is 13.9. The number of halogens is 2. The first-order valence-corrected chi connectivity index (χ1v) is 7.77. The first-order chi connectivity index (χ1) is 9.57. The number of benzene rings is 1. The molecule has 0 aliphatic rings. The number of hydrogen-bond donors (Lipinski definition) is 1. The van der Waals surface area contributed by atoms with Crippen LogP contribution in [0, 0.1) is 15.9 Å². The van der Waals surface area contributed by atoms with E-state index in [1.54, 1.807) is 0 Å². The zero-order valence-corrected chi connectivity index (χ0v) is 12.1. The number of ether oxygens (including phenoxy) is 1. The number of primary amides is 1. The Balaban J connectivity index is 3.50. The number of hydrogen-bond acceptors (Lipinski definition) is 6. The lowest BCUT2D eigenvalue weighted by Gasteiger charge is -2.16. The number of nitrogens with two attached hydrogens (primary N) is 1. The van der Waals surface area contributed by atoms with Crippen molar-refractivity contribution in [2.24, 2.45) is 5.73 Å². The van der Waals surface area contributed by atoms with Crippen LogP contribution in [0.2, 0.25) is 0 Å². The third-order valence-corrected chi connectivity index (χ3v) is 3.74. The van der Waals surface area contributed by atoms with Crippen LogP contribution in [0.4, 0.5) is 10.1 Å². The lowest BCUT2D eigenvalue weighted by molar-refractivity contribution is -0.385. The fraction of sp³-hybridized carbons (Fsp3) is 0.300. The summed E-state index contributed by atoms with van der Waals surface area (Å²) in [4.78, 5) is 19.7. The van der Waals surface area contributed by atoms with E-state index in [0.29, 0.717) is 12.1 Å². The Morgan fingerprint density at radius 1 is 1.57 bits per heavy atom. The quantitative estimate of drug-likeness (QED) is 0.472. The highest BCUT2D eigenvalue weighted by Gasteiger charge is 2.28. The Morgan fingerprint density at radius 3 is 2.52 bits per heavy atom. The molecule has 2 N–H and O–H groups in total. The van der Waals surface area contributed by atoms with Gasteiger partial charge in [0, 0.05) is 16.7 Å². The molecule has 0 radical (unpaired) electrons. The number of nitro benzene ring substituents is 1. The molecule has 0 saturated carbocycles. The Hall–Kier alpha value is -1.94. The Labute approximate surface area is 123 Å². The Bertz CT molecular complexity index is 693. The zero-order valence-electron chi connectivity index (χ0n) is 10.6. The van der Waals surface area contributed by atoms with E-state index in [1.165, 1.54) is 6.92 Å². The fourth-order valence-electron chi connectivity index (χ4n) is 1.44. The molecule has 1 amide bonds. The van der Waals surface area contributed by atoms with Gasteiger partial charge in [-0.15, -0.1) is 0 Å². The average molecular weight is 341 g/mol. The minimum absolute atomic E-state index is 0.0353. The molecule has 1 aromatic carbocycles.